The fraction of sp³-hybridized carbons (Fsp3) is 0.208. The molecule has 0 aromatic heterocycles. The topological polar surface area (TPSA) is 84.9 Å². The lowest BCUT2D eigenvalue weighted by molar-refractivity contribution is -0.115. The average Bonchev–Trinajstić information content (AvgIpc) is 2.80. The lowest BCUT2D eigenvalue weighted by atomic mass is 10.1. The molecule has 1 N–H and O–H groups in total. The van der Waals surface area contributed by atoms with Crippen molar-refractivity contribution in [3.8, 4) is 11.5 Å². The van der Waals surface area contributed by atoms with Gasteiger partial charge in [-0.15, -0.1) is 0 Å². The maximum Gasteiger partial charge on any atom is 0.243 e. The van der Waals surface area contributed by atoms with E-state index in [2.05, 4.69) is 5.32 Å². The van der Waals surface area contributed by atoms with Gasteiger partial charge < -0.3 is 14.8 Å². The number of hydrogen-bond donors (Lipinski definition) is 1. The Balaban J connectivity index is 1.66. The van der Waals surface area contributed by atoms with E-state index in [1.807, 2.05) is 30.3 Å². The molecule has 3 aromatic carbocycles. The van der Waals surface area contributed by atoms with E-state index in [-0.39, 0.29) is 23.8 Å². The van der Waals surface area contributed by atoms with Crippen molar-refractivity contribution in [2.45, 2.75) is 17.9 Å². The summed E-state index contributed by atoms with van der Waals surface area (Å²) in [6.45, 7) is 0.269. The first-order valence-electron chi connectivity index (χ1n) is 9.94. The Labute approximate surface area is 188 Å². The van der Waals surface area contributed by atoms with Crippen LogP contribution in [0, 0.1) is 0 Å². The highest BCUT2D eigenvalue weighted by atomic mass is 32.2. The summed E-state index contributed by atoms with van der Waals surface area (Å²) in [5.74, 6) is 0.952. The number of ether oxygens (including phenoxy) is 2. The molecule has 0 radical (unpaired) electrons. The van der Waals surface area contributed by atoms with E-state index in [1.54, 1.807) is 44.5 Å². The fourth-order valence-corrected chi connectivity index (χ4v) is 4.35. The Hall–Kier alpha value is -3.36. The Kier molecular flexibility index (Phi) is 7.50. The van der Waals surface area contributed by atoms with Crippen LogP contribution < -0.4 is 14.8 Å². The van der Waals surface area contributed by atoms with E-state index >= 15 is 0 Å². The Morgan fingerprint density at radius 1 is 0.938 bits per heavy atom. The molecule has 0 heterocycles. The number of benzene rings is 3. The van der Waals surface area contributed by atoms with Crippen LogP contribution in [0.25, 0.3) is 0 Å². The molecule has 1 amide bonds. The molecule has 0 unspecified atom stereocenters. The molecule has 3 rings (SSSR count). The molecule has 3 aromatic rings. The van der Waals surface area contributed by atoms with Crippen molar-refractivity contribution in [3.05, 3.63) is 83.9 Å². The third kappa shape index (κ3) is 5.66. The Morgan fingerprint density at radius 2 is 1.62 bits per heavy atom. The molecule has 0 aliphatic heterocycles. The van der Waals surface area contributed by atoms with Gasteiger partial charge in [0, 0.05) is 30.9 Å². The molecule has 0 aliphatic rings. The number of carbonyl (C=O) groups excluding carboxylic acids is 1. The number of rotatable bonds is 9. The van der Waals surface area contributed by atoms with Crippen molar-refractivity contribution in [1.29, 1.82) is 0 Å². The number of nitrogens with one attached hydrogen (secondary N) is 1. The second-order valence-electron chi connectivity index (χ2n) is 7.17. The average molecular weight is 455 g/mol. The molecule has 0 bridgehead atoms. The van der Waals surface area contributed by atoms with Crippen molar-refractivity contribution in [1.82, 2.24) is 4.31 Å². The summed E-state index contributed by atoms with van der Waals surface area (Å²) < 4.78 is 37.5. The summed E-state index contributed by atoms with van der Waals surface area (Å²) in [5.41, 5.74) is 2.12. The Morgan fingerprint density at radius 3 is 2.25 bits per heavy atom. The summed E-state index contributed by atoms with van der Waals surface area (Å²) in [6.07, 6.45) is 0.104. The molecule has 0 spiro atoms. The highest BCUT2D eigenvalue weighted by Gasteiger charge is 2.21. The summed E-state index contributed by atoms with van der Waals surface area (Å²) in [6, 6.07) is 20.8. The highest BCUT2D eigenvalue weighted by molar-refractivity contribution is 7.89. The smallest absolute Gasteiger partial charge is 0.243 e. The van der Waals surface area contributed by atoms with Gasteiger partial charge in [0.1, 0.15) is 11.5 Å². The van der Waals surface area contributed by atoms with E-state index in [0.717, 1.165) is 5.56 Å². The molecule has 8 heteroatoms. The van der Waals surface area contributed by atoms with Crippen molar-refractivity contribution >= 4 is 21.6 Å². The van der Waals surface area contributed by atoms with E-state index in [4.69, 9.17) is 9.47 Å². The van der Waals surface area contributed by atoms with Crippen LogP contribution in [-0.4, -0.2) is 39.9 Å². The van der Waals surface area contributed by atoms with Gasteiger partial charge in [0.2, 0.25) is 15.9 Å². The molecule has 0 saturated carbocycles. The molecule has 7 nitrogen and oxygen atoms in total. The van der Waals surface area contributed by atoms with Gasteiger partial charge in [0.25, 0.3) is 0 Å². The van der Waals surface area contributed by atoms with Crippen LogP contribution in [0.4, 0.5) is 5.69 Å². The molecular weight excluding hydrogens is 428 g/mol. The van der Waals surface area contributed by atoms with Crippen LogP contribution in [0.2, 0.25) is 0 Å². The van der Waals surface area contributed by atoms with Gasteiger partial charge in [0.05, 0.1) is 25.5 Å². The minimum atomic E-state index is -3.65. The first-order valence-corrected chi connectivity index (χ1v) is 11.4. The van der Waals surface area contributed by atoms with Gasteiger partial charge in [-0.05, 0) is 35.9 Å². The number of sulfonamides is 1. The van der Waals surface area contributed by atoms with Gasteiger partial charge in [-0.3, -0.25) is 4.79 Å². The zero-order valence-electron chi connectivity index (χ0n) is 18.2. The van der Waals surface area contributed by atoms with Gasteiger partial charge in [0.15, 0.2) is 0 Å². The predicted octanol–water partition coefficient (Wildman–Crippen LogP) is 3.71. The highest BCUT2D eigenvalue weighted by Crippen LogP contribution is 2.25. The van der Waals surface area contributed by atoms with Crippen molar-refractivity contribution < 1.29 is 22.7 Å². The van der Waals surface area contributed by atoms with Crippen molar-refractivity contribution in [2.75, 3.05) is 26.6 Å². The largest absolute Gasteiger partial charge is 0.497 e. The molecule has 0 atom stereocenters. The molecule has 0 fully saturated rings. The number of anilines is 1. The van der Waals surface area contributed by atoms with Crippen LogP contribution in [-0.2, 0) is 27.8 Å². The first kappa shape index (κ1) is 23.3. The summed E-state index contributed by atoms with van der Waals surface area (Å²) in [7, 11) is 0.979. The molecule has 0 aliphatic carbocycles. The van der Waals surface area contributed by atoms with Gasteiger partial charge in [-0.1, -0.05) is 36.4 Å². The lowest BCUT2D eigenvalue weighted by Gasteiger charge is -2.17. The third-order valence-corrected chi connectivity index (χ3v) is 6.76. The van der Waals surface area contributed by atoms with Gasteiger partial charge in [-0.25, -0.2) is 8.42 Å². The number of methoxy groups -OCH3 is 2. The van der Waals surface area contributed by atoms with Crippen LogP contribution in [0.5, 0.6) is 11.5 Å². The Bertz CT molecular complexity index is 1160. The van der Waals surface area contributed by atoms with Crippen molar-refractivity contribution in [3.63, 3.8) is 0 Å². The fourth-order valence-electron chi connectivity index (χ4n) is 3.19. The van der Waals surface area contributed by atoms with Gasteiger partial charge >= 0.3 is 0 Å². The maximum absolute atomic E-state index is 12.8. The quantitative estimate of drug-likeness (QED) is 0.533. The number of hydrogen-bond acceptors (Lipinski definition) is 5. The van der Waals surface area contributed by atoms with Crippen LogP contribution >= 0.6 is 0 Å². The summed E-state index contributed by atoms with van der Waals surface area (Å²) in [4.78, 5) is 12.6. The molecule has 32 heavy (non-hydrogen) atoms. The second kappa shape index (κ2) is 10.3. The first-order chi connectivity index (χ1) is 15.3. The third-order valence-electron chi connectivity index (χ3n) is 4.94. The summed E-state index contributed by atoms with van der Waals surface area (Å²) >= 11 is 0. The standard InChI is InChI=1S/C24H26N2O5S/c1-26(17-18-7-5-4-6-8-18)32(28,29)22-13-10-20(11-14-22)25-24(27)15-19-9-12-21(30-2)16-23(19)31-3/h4-14,16H,15,17H2,1-3H3,(H,25,27). The monoisotopic (exact) mass is 454 g/mol. The minimum absolute atomic E-state index is 0.104. The van der Waals surface area contributed by atoms with Crippen molar-refractivity contribution in [2.24, 2.45) is 0 Å². The summed E-state index contributed by atoms with van der Waals surface area (Å²) in [5, 5.41) is 2.78. The second-order valence-corrected chi connectivity index (χ2v) is 9.22. The lowest BCUT2D eigenvalue weighted by Crippen LogP contribution is -2.26. The molecule has 168 valence electrons. The zero-order valence-corrected chi connectivity index (χ0v) is 19.1. The number of carbonyl (C=O) groups is 1. The maximum atomic E-state index is 12.8. The number of nitrogens with zero attached hydrogens (tertiary/aromatic N) is 1. The van der Waals surface area contributed by atoms with Gasteiger partial charge in [-0.2, -0.15) is 4.31 Å². The molecule has 0 saturated heterocycles. The van der Waals surface area contributed by atoms with E-state index in [0.29, 0.717) is 22.7 Å². The van der Waals surface area contributed by atoms with Crippen LogP contribution in [0.1, 0.15) is 11.1 Å². The van der Waals surface area contributed by atoms with Crippen LogP contribution in [0.15, 0.2) is 77.7 Å². The minimum Gasteiger partial charge on any atom is -0.497 e. The zero-order chi connectivity index (χ0) is 23.1. The van der Waals surface area contributed by atoms with E-state index in [1.165, 1.54) is 23.5 Å². The van der Waals surface area contributed by atoms with Crippen LogP contribution in [0.3, 0.4) is 0 Å². The number of amides is 1. The predicted molar refractivity (Wildman–Crippen MR) is 123 cm³/mol. The van der Waals surface area contributed by atoms with E-state index in [9.17, 15) is 13.2 Å². The normalized spacial score (nSPS) is 11.2. The molecular formula is C24H26N2O5S. The van der Waals surface area contributed by atoms with E-state index < -0.39 is 10.0 Å². The SMILES string of the molecule is COc1ccc(CC(=O)Nc2ccc(S(=O)(=O)N(C)Cc3ccccc3)cc2)c(OC)c1.